The van der Waals surface area contributed by atoms with Gasteiger partial charge in [0, 0.05) is 37.4 Å². The number of amides is 1. The standard InChI is InChI=1S/C30H25ClFN5O2S2/c1-19-10-11-26-33-27(35-14-12-34(13-15-35)24-9-5-4-8-23(24)32)21(28(38)36(26)17-19)16-25-29(39)37(30(40)41-25)18-20-6-2-3-7-22(20)31/h2-11,16-17H,12-15,18H2,1H3/b25-16+. The van der Waals surface area contributed by atoms with Crippen LogP contribution in [0.15, 0.2) is 76.6 Å². The second kappa shape index (κ2) is 11.3. The molecule has 208 valence electrons. The number of para-hydroxylation sites is 1. The topological polar surface area (TPSA) is 61.2 Å². The van der Waals surface area contributed by atoms with Gasteiger partial charge in [-0.3, -0.25) is 18.9 Å². The van der Waals surface area contributed by atoms with Crippen molar-refractivity contribution in [3.8, 4) is 0 Å². The monoisotopic (exact) mass is 605 g/mol. The number of aromatic nitrogens is 2. The molecule has 0 saturated carbocycles. The van der Waals surface area contributed by atoms with E-state index in [-0.39, 0.29) is 23.8 Å². The summed E-state index contributed by atoms with van der Waals surface area (Å²) in [5, 5.41) is 0.551. The summed E-state index contributed by atoms with van der Waals surface area (Å²) in [4.78, 5) is 38.1. The van der Waals surface area contributed by atoms with E-state index in [0.29, 0.717) is 63.1 Å². The molecule has 2 aliphatic heterocycles. The molecule has 2 aromatic carbocycles. The lowest BCUT2D eigenvalue weighted by atomic mass is 10.2. The molecule has 6 rings (SSSR count). The number of hydrogen-bond donors (Lipinski definition) is 0. The highest BCUT2D eigenvalue weighted by atomic mass is 35.5. The summed E-state index contributed by atoms with van der Waals surface area (Å²) in [6.45, 7) is 4.29. The van der Waals surface area contributed by atoms with Gasteiger partial charge >= 0.3 is 0 Å². The number of carbonyl (C=O) groups excluding carboxylic acids is 1. The summed E-state index contributed by atoms with van der Waals surface area (Å²) >= 11 is 13.0. The minimum atomic E-state index is -0.288. The van der Waals surface area contributed by atoms with Crippen LogP contribution in [0.4, 0.5) is 15.9 Å². The molecule has 2 saturated heterocycles. The zero-order chi connectivity index (χ0) is 28.7. The van der Waals surface area contributed by atoms with Crippen LogP contribution in [-0.4, -0.2) is 50.7 Å². The van der Waals surface area contributed by atoms with Crippen molar-refractivity contribution in [1.82, 2.24) is 14.3 Å². The van der Waals surface area contributed by atoms with E-state index in [4.69, 9.17) is 28.8 Å². The maximum absolute atomic E-state index is 14.4. The molecule has 0 atom stereocenters. The van der Waals surface area contributed by atoms with Gasteiger partial charge in [0.15, 0.2) is 0 Å². The van der Waals surface area contributed by atoms with Gasteiger partial charge in [-0.25, -0.2) is 9.37 Å². The normalized spacial score (nSPS) is 16.9. The van der Waals surface area contributed by atoms with E-state index < -0.39 is 0 Å². The first-order chi connectivity index (χ1) is 19.8. The number of halogens is 2. The average Bonchev–Trinajstić information content (AvgIpc) is 3.23. The lowest BCUT2D eigenvalue weighted by Gasteiger charge is -2.37. The number of aryl methyl sites for hydroxylation is 1. The number of carbonyl (C=O) groups is 1. The van der Waals surface area contributed by atoms with Crippen LogP contribution in [0.3, 0.4) is 0 Å². The summed E-state index contributed by atoms with van der Waals surface area (Å²) in [6.07, 6.45) is 3.35. The molecule has 2 aromatic heterocycles. The van der Waals surface area contributed by atoms with Crippen LogP contribution >= 0.6 is 35.6 Å². The maximum Gasteiger partial charge on any atom is 0.267 e. The van der Waals surface area contributed by atoms with Crippen molar-refractivity contribution in [3.63, 3.8) is 0 Å². The summed E-state index contributed by atoms with van der Waals surface area (Å²) in [7, 11) is 0. The Morgan fingerprint density at radius 2 is 1.71 bits per heavy atom. The molecule has 0 spiro atoms. The van der Waals surface area contributed by atoms with Crippen LogP contribution in [0.5, 0.6) is 0 Å². The first-order valence-electron chi connectivity index (χ1n) is 13.1. The summed E-state index contributed by atoms with van der Waals surface area (Å²) < 4.78 is 16.3. The Kier molecular flexibility index (Phi) is 7.54. The van der Waals surface area contributed by atoms with Gasteiger partial charge in [-0.05, 0) is 48.4 Å². The highest BCUT2D eigenvalue weighted by Gasteiger charge is 2.33. The van der Waals surface area contributed by atoms with Crippen molar-refractivity contribution in [3.05, 3.63) is 110 Å². The van der Waals surface area contributed by atoms with E-state index in [1.807, 2.05) is 53.1 Å². The third-order valence-electron chi connectivity index (χ3n) is 7.19. The summed E-state index contributed by atoms with van der Waals surface area (Å²) in [5.74, 6) is -0.0645. The Morgan fingerprint density at radius 1 is 1.00 bits per heavy atom. The van der Waals surface area contributed by atoms with Crippen molar-refractivity contribution in [2.45, 2.75) is 13.5 Å². The quantitative estimate of drug-likeness (QED) is 0.219. The van der Waals surface area contributed by atoms with Gasteiger partial charge in [0.2, 0.25) is 0 Å². The van der Waals surface area contributed by atoms with Gasteiger partial charge in [-0.2, -0.15) is 0 Å². The summed E-state index contributed by atoms with van der Waals surface area (Å²) in [6, 6.07) is 17.7. The van der Waals surface area contributed by atoms with Crippen LogP contribution in [-0.2, 0) is 11.3 Å². The smallest absolute Gasteiger partial charge is 0.267 e. The van der Waals surface area contributed by atoms with E-state index >= 15 is 0 Å². The summed E-state index contributed by atoms with van der Waals surface area (Å²) in [5.41, 5.74) is 2.78. The fraction of sp³-hybridized carbons (Fsp3) is 0.200. The predicted molar refractivity (Wildman–Crippen MR) is 167 cm³/mol. The number of hydrogen-bond acceptors (Lipinski definition) is 7. The minimum Gasteiger partial charge on any atom is -0.366 e. The van der Waals surface area contributed by atoms with Gasteiger partial charge in [0.1, 0.15) is 21.6 Å². The van der Waals surface area contributed by atoms with E-state index in [1.54, 1.807) is 30.5 Å². The number of fused-ring (bicyclic) bond motifs is 1. The number of thioether (sulfide) groups is 1. The lowest BCUT2D eigenvalue weighted by molar-refractivity contribution is -0.122. The molecule has 0 aliphatic carbocycles. The molecule has 4 aromatic rings. The van der Waals surface area contributed by atoms with Gasteiger partial charge in [-0.1, -0.05) is 72.0 Å². The molecule has 41 heavy (non-hydrogen) atoms. The molecule has 2 aliphatic rings. The second-order valence-corrected chi connectivity index (χ2v) is 12.0. The number of pyridine rings is 1. The third kappa shape index (κ3) is 5.35. The predicted octanol–water partition coefficient (Wildman–Crippen LogP) is 5.52. The van der Waals surface area contributed by atoms with Crippen molar-refractivity contribution in [2.24, 2.45) is 0 Å². The number of anilines is 2. The first-order valence-corrected chi connectivity index (χ1v) is 14.7. The molecule has 11 heteroatoms. The molecule has 0 unspecified atom stereocenters. The van der Waals surface area contributed by atoms with Crippen molar-refractivity contribution < 1.29 is 9.18 Å². The SMILES string of the molecule is Cc1ccc2nc(N3CCN(c4ccccc4F)CC3)c(/C=C3/SC(=S)N(Cc4ccccc4Cl)C3=O)c(=O)n2c1. The molecular formula is C30H25ClFN5O2S2. The lowest BCUT2D eigenvalue weighted by Crippen LogP contribution is -2.47. The first kappa shape index (κ1) is 27.4. The van der Waals surface area contributed by atoms with Crippen LogP contribution in [0.25, 0.3) is 11.7 Å². The number of rotatable bonds is 5. The van der Waals surface area contributed by atoms with Crippen molar-refractivity contribution in [2.75, 3.05) is 36.0 Å². The van der Waals surface area contributed by atoms with Gasteiger partial charge in [0.05, 0.1) is 22.7 Å². The molecule has 0 bridgehead atoms. The fourth-order valence-electron chi connectivity index (χ4n) is 5.05. The van der Waals surface area contributed by atoms with Gasteiger partial charge < -0.3 is 9.80 Å². The molecule has 7 nitrogen and oxygen atoms in total. The second-order valence-electron chi connectivity index (χ2n) is 9.87. The Bertz CT molecular complexity index is 1780. The number of piperazine rings is 1. The highest BCUT2D eigenvalue weighted by molar-refractivity contribution is 8.26. The van der Waals surface area contributed by atoms with Crippen LogP contribution < -0.4 is 15.4 Å². The number of thiocarbonyl (C=S) groups is 1. The molecule has 1 amide bonds. The minimum absolute atomic E-state index is 0.237. The molecule has 0 N–H and O–H groups in total. The molecular weight excluding hydrogens is 581 g/mol. The van der Waals surface area contributed by atoms with E-state index in [0.717, 1.165) is 22.9 Å². The number of nitrogens with zero attached hydrogens (tertiary/aromatic N) is 5. The van der Waals surface area contributed by atoms with Crippen molar-refractivity contribution >= 4 is 69.0 Å². The van der Waals surface area contributed by atoms with E-state index in [2.05, 4.69) is 0 Å². The van der Waals surface area contributed by atoms with Gasteiger partial charge in [-0.15, -0.1) is 0 Å². The van der Waals surface area contributed by atoms with Crippen LogP contribution in [0.2, 0.25) is 5.02 Å². The van der Waals surface area contributed by atoms with E-state index in [1.165, 1.54) is 15.4 Å². The average molecular weight is 606 g/mol. The van der Waals surface area contributed by atoms with Crippen molar-refractivity contribution in [1.29, 1.82) is 0 Å². The number of benzene rings is 2. The van der Waals surface area contributed by atoms with Crippen LogP contribution in [0, 0.1) is 12.7 Å². The molecule has 0 radical (unpaired) electrons. The largest absolute Gasteiger partial charge is 0.366 e. The fourth-order valence-corrected chi connectivity index (χ4v) is 6.48. The Morgan fingerprint density at radius 3 is 2.46 bits per heavy atom. The zero-order valence-electron chi connectivity index (χ0n) is 22.1. The Labute approximate surface area is 250 Å². The van der Waals surface area contributed by atoms with Crippen LogP contribution in [0.1, 0.15) is 16.7 Å². The zero-order valence-corrected chi connectivity index (χ0v) is 24.5. The molecule has 2 fully saturated rings. The van der Waals surface area contributed by atoms with E-state index in [9.17, 15) is 14.0 Å². The Hall–Kier alpha value is -3.73. The van der Waals surface area contributed by atoms with Gasteiger partial charge in [0.25, 0.3) is 11.5 Å². The molecule has 4 heterocycles. The highest BCUT2D eigenvalue weighted by Crippen LogP contribution is 2.35. The maximum atomic E-state index is 14.4. The third-order valence-corrected chi connectivity index (χ3v) is 8.94. The Balaban J connectivity index is 1.36.